The summed E-state index contributed by atoms with van der Waals surface area (Å²) < 4.78 is 5.13. The molecule has 0 aliphatic carbocycles. The van der Waals surface area contributed by atoms with Gasteiger partial charge in [-0.05, 0) is 36.8 Å². The number of rotatable bonds is 9. The first-order valence-corrected chi connectivity index (χ1v) is 10.3. The molecule has 1 N–H and O–H groups in total. The predicted octanol–water partition coefficient (Wildman–Crippen LogP) is 3.99. The quantitative estimate of drug-likeness (QED) is 0.652. The van der Waals surface area contributed by atoms with Crippen LogP contribution in [0, 0.1) is 5.92 Å². The molecule has 3 rings (SSSR count). The van der Waals surface area contributed by atoms with Gasteiger partial charge < -0.3 is 9.84 Å². The Bertz CT molecular complexity index is 793. The Kier molecular flexibility index (Phi) is 7.42. The second kappa shape index (κ2) is 10.2. The fraction of sp³-hybridized carbons (Fsp3) is 0.417. The molecular weight excluding hydrogens is 366 g/mol. The zero-order chi connectivity index (χ0) is 20.6. The van der Waals surface area contributed by atoms with Gasteiger partial charge in [0.1, 0.15) is 6.61 Å². The van der Waals surface area contributed by atoms with Gasteiger partial charge in [-0.2, -0.15) is 0 Å². The summed E-state index contributed by atoms with van der Waals surface area (Å²) >= 11 is 0. The topological polar surface area (TPSA) is 66.8 Å². The van der Waals surface area contributed by atoms with Gasteiger partial charge in [0, 0.05) is 0 Å². The normalized spacial score (nSPS) is 18.3. The predicted molar refractivity (Wildman–Crippen MR) is 111 cm³/mol. The van der Waals surface area contributed by atoms with E-state index in [0.29, 0.717) is 12.8 Å². The van der Waals surface area contributed by atoms with Crippen molar-refractivity contribution in [3.05, 3.63) is 71.8 Å². The van der Waals surface area contributed by atoms with Crippen LogP contribution in [0.25, 0.3) is 0 Å². The van der Waals surface area contributed by atoms with Gasteiger partial charge in [0.2, 0.25) is 5.91 Å². The SMILES string of the molecule is CC(C(=O)N1C(=O)OC[C@@H]1Cc1ccccc1)C(O)CCCCc1ccccc1. The van der Waals surface area contributed by atoms with E-state index in [1.54, 1.807) is 6.92 Å². The third-order valence-electron chi connectivity index (χ3n) is 5.54. The molecule has 1 saturated heterocycles. The third-order valence-corrected chi connectivity index (χ3v) is 5.54. The van der Waals surface area contributed by atoms with Crippen LogP contribution in [-0.2, 0) is 22.4 Å². The summed E-state index contributed by atoms with van der Waals surface area (Å²) in [5, 5.41) is 10.5. The summed E-state index contributed by atoms with van der Waals surface area (Å²) in [6, 6.07) is 19.6. The van der Waals surface area contributed by atoms with Gasteiger partial charge in [0.15, 0.2) is 0 Å². The number of ether oxygens (including phenoxy) is 1. The van der Waals surface area contributed by atoms with E-state index in [9.17, 15) is 14.7 Å². The van der Waals surface area contributed by atoms with Crippen LogP contribution in [-0.4, -0.2) is 40.8 Å². The molecule has 0 radical (unpaired) electrons. The van der Waals surface area contributed by atoms with Crippen LogP contribution in [0.4, 0.5) is 4.79 Å². The van der Waals surface area contributed by atoms with Crippen molar-refractivity contribution < 1.29 is 19.4 Å². The molecule has 5 nitrogen and oxygen atoms in total. The van der Waals surface area contributed by atoms with Crippen molar-refractivity contribution in [1.82, 2.24) is 4.90 Å². The second-order valence-electron chi connectivity index (χ2n) is 7.72. The van der Waals surface area contributed by atoms with Gasteiger partial charge in [-0.1, -0.05) is 74.0 Å². The molecule has 2 aromatic rings. The number of amides is 2. The summed E-state index contributed by atoms with van der Waals surface area (Å²) in [7, 11) is 0. The lowest BCUT2D eigenvalue weighted by molar-refractivity contribution is -0.136. The van der Waals surface area contributed by atoms with Crippen molar-refractivity contribution >= 4 is 12.0 Å². The van der Waals surface area contributed by atoms with E-state index in [1.807, 2.05) is 48.5 Å². The average Bonchev–Trinajstić information content (AvgIpc) is 3.11. The minimum Gasteiger partial charge on any atom is -0.447 e. The zero-order valence-corrected chi connectivity index (χ0v) is 16.9. The summed E-state index contributed by atoms with van der Waals surface area (Å²) in [5.74, 6) is -1.00. The Morgan fingerprint density at radius 1 is 1.07 bits per heavy atom. The first-order chi connectivity index (χ1) is 14.1. The largest absolute Gasteiger partial charge is 0.447 e. The van der Waals surface area contributed by atoms with Crippen LogP contribution in [0.5, 0.6) is 0 Å². The molecule has 2 amide bonds. The van der Waals surface area contributed by atoms with Gasteiger partial charge in [-0.3, -0.25) is 4.79 Å². The lowest BCUT2D eigenvalue weighted by atomic mass is 9.96. The highest BCUT2D eigenvalue weighted by molar-refractivity contribution is 5.94. The first kappa shape index (κ1) is 21.1. The van der Waals surface area contributed by atoms with E-state index in [1.165, 1.54) is 10.5 Å². The van der Waals surface area contributed by atoms with Crippen LogP contribution in [0.2, 0.25) is 0 Å². The summed E-state index contributed by atoms with van der Waals surface area (Å²) in [6.07, 6.45) is 2.43. The summed E-state index contributed by atoms with van der Waals surface area (Å²) in [4.78, 5) is 26.3. The molecule has 3 atom stereocenters. The lowest BCUT2D eigenvalue weighted by Gasteiger charge is -2.25. The highest BCUT2D eigenvalue weighted by atomic mass is 16.6. The molecule has 5 heteroatoms. The minimum absolute atomic E-state index is 0.194. The van der Waals surface area contributed by atoms with Gasteiger partial charge in [-0.25, -0.2) is 9.69 Å². The Labute approximate surface area is 172 Å². The minimum atomic E-state index is -0.774. The van der Waals surface area contributed by atoms with Crippen LogP contribution < -0.4 is 0 Å². The number of aryl methyl sites for hydroxylation is 1. The first-order valence-electron chi connectivity index (χ1n) is 10.3. The molecule has 29 heavy (non-hydrogen) atoms. The molecule has 1 aliphatic rings. The van der Waals surface area contributed by atoms with Crippen molar-refractivity contribution in [3.8, 4) is 0 Å². The van der Waals surface area contributed by atoms with Crippen LogP contribution in [0.1, 0.15) is 37.3 Å². The summed E-state index contributed by atoms with van der Waals surface area (Å²) in [5.41, 5.74) is 2.32. The van der Waals surface area contributed by atoms with E-state index in [-0.39, 0.29) is 18.6 Å². The van der Waals surface area contributed by atoms with Gasteiger partial charge in [0.25, 0.3) is 0 Å². The number of hydrogen-bond donors (Lipinski definition) is 1. The molecule has 1 aliphatic heterocycles. The van der Waals surface area contributed by atoms with Crippen molar-refractivity contribution in [2.75, 3.05) is 6.61 Å². The molecule has 0 aromatic heterocycles. The van der Waals surface area contributed by atoms with Gasteiger partial charge in [-0.15, -0.1) is 0 Å². The number of aliphatic hydroxyl groups is 1. The number of imide groups is 1. The highest BCUT2D eigenvalue weighted by Gasteiger charge is 2.41. The molecule has 0 bridgehead atoms. The molecule has 2 aromatic carbocycles. The standard InChI is InChI=1S/C24H29NO4/c1-18(22(26)15-9-8-12-19-10-4-2-5-11-19)23(27)25-21(17-29-24(25)28)16-20-13-6-3-7-14-20/h2-7,10-11,13-14,18,21-22,26H,8-9,12,15-17H2,1H3/t18?,21-,22?/m0/s1. The van der Waals surface area contributed by atoms with Gasteiger partial charge >= 0.3 is 6.09 Å². The maximum absolute atomic E-state index is 12.9. The highest BCUT2D eigenvalue weighted by Crippen LogP contribution is 2.22. The van der Waals surface area contributed by atoms with Crippen LogP contribution in [0.3, 0.4) is 0 Å². The number of cyclic esters (lactones) is 1. The Balaban J connectivity index is 1.51. The molecule has 1 heterocycles. The molecule has 1 fully saturated rings. The second-order valence-corrected chi connectivity index (χ2v) is 7.72. The van der Waals surface area contributed by atoms with E-state index >= 15 is 0 Å². The van der Waals surface area contributed by atoms with Crippen LogP contribution in [0.15, 0.2) is 60.7 Å². The van der Waals surface area contributed by atoms with Crippen molar-refractivity contribution in [3.63, 3.8) is 0 Å². The van der Waals surface area contributed by atoms with E-state index in [2.05, 4.69) is 12.1 Å². The van der Waals surface area contributed by atoms with Crippen LogP contribution >= 0.6 is 0 Å². The molecular formula is C24H29NO4. The number of benzene rings is 2. The Morgan fingerprint density at radius 3 is 2.34 bits per heavy atom. The number of carbonyl (C=O) groups excluding carboxylic acids is 2. The molecule has 0 spiro atoms. The zero-order valence-electron chi connectivity index (χ0n) is 16.9. The van der Waals surface area contributed by atoms with Crippen molar-refractivity contribution in [2.45, 2.75) is 51.2 Å². The number of nitrogens with zero attached hydrogens (tertiary/aromatic N) is 1. The monoisotopic (exact) mass is 395 g/mol. The fourth-order valence-electron chi connectivity index (χ4n) is 3.73. The van der Waals surface area contributed by atoms with Crippen molar-refractivity contribution in [1.29, 1.82) is 0 Å². The molecule has 154 valence electrons. The van der Waals surface area contributed by atoms with E-state index < -0.39 is 18.1 Å². The maximum atomic E-state index is 12.9. The third kappa shape index (κ3) is 5.67. The lowest BCUT2D eigenvalue weighted by Crippen LogP contribution is -2.45. The Hall–Kier alpha value is -2.66. The fourth-order valence-corrected chi connectivity index (χ4v) is 3.73. The number of unbranched alkanes of at least 4 members (excludes halogenated alkanes) is 1. The molecule has 0 saturated carbocycles. The maximum Gasteiger partial charge on any atom is 0.416 e. The van der Waals surface area contributed by atoms with E-state index in [4.69, 9.17) is 4.74 Å². The van der Waals surface area contributed by atoms with Gasteiger partial charge in [0.05, 0.1) is 18.1 Å². The number of aliphatic hydroxyl groups excluding tert-OH is 1. The molecule has 2 unspecified atom stereocenters. The summed E-state index contributed by atoms with van der Waals surface area (Å²) in [6.45, 7) is 1.88. The van der Waals surface area contributed by atoms with E-state index in [0.717, 1.165) is 24.8 Å². The smallest absolute Gasteiger partial charge is 0.416 e. The number of hydrogen-bond acceptors (Lipinski definition) is 4. The van der Waals surface area contributed by atoms with Crippen molar-refractivity contribution in [2.24, 2.45) is 5.92 Å². The average molecular weight is 395 g/mol. The Morgan fingerprint density at radius 2 is 1.69 bits per heavy atom. The number of carbonyl (C=O) groups is 2.